The quantitative estimate of drug-likeness (QED) is 0.393. The molecule has 0 aliphatic rings. The van der Waals surface area contributed by atoms with Crippen molar-refractivity contribution in [3.63, 3.8) is 0 Å². The smallest absolute Gasteiger partial charge is 0.340 e. The lowest BCUT2D eigenvalue weighted by molar-refractivity contribution is -0.120. The zero-order chi connectivity index (χ0) is 22.9. The fraction of sp³-hybridized carbons (Fsp3) is 0.200. The first-order chi connectivity index (χ1) is 16.0. The lowest BCUT2D eigenvalue weighted by atomic mass is 10.0. The summed E-state index contributed by atoms with van der Waals surface area (Å²) in [4.78, 5) is 29.4. The molecule has 33 heavy (non-hydrogen) atoms. The monoisotopic (exact) mass is 443 g/mol. The number of nitrogens with zero attached hydrogens (tertiary/aromatic N) is 2. The van der Waals surface area contributed by atoms with E-state index in [2.05, 4.69) is 15.5 Å². The van der Waals surface area contributed by atoms with Crippen molar-refractivity contribution in [1.82, 2.24) is 15.5 Å². The molecular formula is C25H21N3O5. The number of hydrogen-bond acceptors (Lipinski definition) is 7. The third kappa shape index (κ3) is 4.03. The average Bonchev–Trinajstić information content (AvgIpc) is 3.43. The Balaban J connectivity index is 1.27. The Bertz CT molecular complexity index is 1530. The molecular weight excluding hydrogens is 422 g/mol. The summed E-state index contributed by atoms with van der Waals surface area (Å²) < 4.78 is 16.2. The highest BCUT2D eigenvalue weighted by Gasteiger charge is 2.17. The third-order valence-electron chi connectivity index (χ3n) is 5.67. The first kappa shape index (κ1) is 20.7. The Morgan fingerprint density at radius 2 is 1.88 bits per heavy atom. The van der Waals surface area contributed by atoms with Gasteiger partial charge in [0.15, 0.2) is 0 Å². The summed E-state index contributed by atoms with van der Waals surface area (Å²) in [6.45, 7) is 4.08. The normalized spacial score (nSPS) is 11.3. The summed E-state index contributed by atoms with van der Waals surface area (Å²) >= 11 is 0. The van der Waals surface area contributed by atoms with Crippen LogP contribution in [0.1, 0.15) is 22.6 Å². The predicted molar refractivity (Wildman–Crippen MR) is 122 cm³/mol. The molecule has 0 saturated carbocycles. The molecule has 0 spiro atoms. The summed E-state index contributed by atoms with van der Waals surface area (Å²) in [5.74, 6) is 0.645. The summed E-state index contributed by atoms with van der Waals surface area (Å²) in [5.41, 5.74) is 3.49. The van der Waals surface area contributed by atoms with Gasteiger partial charge in [0.25, 0.3) is 0 Å². The molecule has 3 aromatic heterocycles. The molecule has 8 nitrogen and oxygen atoms in total. The van der Waals surface area contributed by atoms with E-state index in [4.69, 9.17) is 13.4 Å². The van der Waals surface area contributed by atoms with E-state index >= 15 is 0 Å². The van der Waals surface area contributed by atoms with Gasteiger partial charge in [0.1, 0.15) is 11.2 Å². The van der Waals surface area contributed by atoms with E-state index in [-0.39, 0.29) is 12.3 Å². The zero-order valence-electron chi connectivity index (χ0n) is 18.2. The van der Waals surface area contributed by atoms with Gasteiger partial charge in [-0.2, -0.15) is 4.98 Å². The second kappa shape index (κ2) is 8.38. The molecule has 0 saturated heterocycles. The van der Waals surface area contributed by atoms with Crippen LogP contribution in [0.3, 0.4) is 0 Å². The van der Waals surface area contributed by atoms with Gasteiger partial charge in [-0.25, -0.2) is 4.79 Å². The predicted octanol–water partition coefficient (Wildman–Crippen LogP) is 4.11. The van der Waals surface area contributed by atoms with Crippen molar-refractivity contribution in [2.45, 2.75) is 26.7 Å². The first-order valence-corrected chi connectivity index (χ1v) is 10.6. The van der Waals surface area contributed by atoms with Crippen LogP contribution in [0.5, 0.6) is 0 Å². The van der Waals surface area contributed by atoms with E-state index in [1.165, 1.54) is 0 Å². The number of aryl methyl sites for hydroxylation is 2. The van der Waals surface area contributed by atoms with Crippen LogP contribution in [0.15, 0.2) is 66.9 Å². The number of benzene rings is 2. The molecule has 1 N–H and O–H groups in total. The minimum Gasteiger partial charge on any atom is -0.464 e. The maximum atomic E-state index is 12.6. The fourth-order valence-corrected chi connectivity index (χ4v) is 3.83. The van der Waals surface area contributed by atoms with E-state index in [9.17, 15) is 9.59 Å². The standard InChI is InChI=1S/C25H21N3O5/c1-14-13-31-20-12-21-18(10-17(14)20)15(2)19(25(30)32-21)11-22(29)26-9-8-23-27-24(28-33-23)16-6-4-3-5-7-16/h3-7,10,12-13H,8-9,11H2,1-2H3,(H,26,29). The van der Waals surface area contributed by atoms with Crippen LogP contribution >= 0.6 is 0 Å². The maximum absolute atomic E-state index is 12.6. The number of furan rings is 1. The van der Waals surface area contributed by atoms with Crippen LogP contribution in [0, 0.1) is 13.8 Å². The number of carbonyl (C=O) groups is 1. The molecule has 0 fully saturated rings. The van der Waals surface area contributed by atoms with Crippen molar-refractivity contribution >= 4 is 27.8 Å². The summed E-state index contributed by atoms with van der Waals surface area (Å²) in [6.07, 6.45) is 1.97. The summed E-state index contributed by atoms with van der Waals surface area (Å²) in [7, 11) is 0. The van der Waals surface area contributed by atoms with Crippen LogP contribution in [0.25, 0.3) is 33.3 Å². The summed E-state index contributed by atoms with van der Waals surface area (Å²) in [6, 6.07) is 13.1. The third-order valence-corrected chi connectivity index (χ3v) is 5.67. The van der Waals surface area contributed by atoms with Crippen LogP contribution in [0.4, 0.5) is 0 Å². The molecule has 8 heteroatoms. The minimum atomic E-state index is -0.526. The minimum absolute atomic E-state index is 0.0778. The van der Waals surface area contributed by atoms with Crippen molar-refractivity contribution in [3.8, 4) is 11.4 Å². The van der Waals surface area contributed by atoms with E-state index in [1.54, 1.807) is 12.3 Å². The Hall–Kier alpha value is -4.20. The molecule has 3 heterocycles. The second-order valence-electron chi connectivity index (χ2n) is 7.91. The van der Waals surface area contributed by atoms with Gasteiger partial charge in [-0.3, -0.25) is 4.79 Å². The number of carbonyl (C=O) groups excluding carboxylic acids is 1. The molecule has 1 amide bonds. The Morgan fingerprint density at radius 3 is 2.70 bits per heavy atom. The SMILES string of the molecule is Cc1coc2cc3oc(=O)c(CC(=O)NCCc4nc(-c5ccccc5)no4)c(C)c3cc12. The number of rotatable bonds is 6. The van der Waals surface area contributed by atoms with Gasteiger partial charge in [-0.1, -0.05) is 35.5 Å². The zero-order valence-corrected chi connectivity index (χ0v) is 18.2. The molecule has 0 aliphatic heterocycles. The topological polar surface area (TPSA) is 111 Å². The summed E-state index contributed by atoms with van der Waals surface area (Å²) in [5, 5.41) is 8.51. The van der Waals surface area contributed by atoms with E-state index < -0.39 is 5.63 Å². The molecule has 0 unspecified atom stereocenters. The maximum Gasteiger partial charge on any atom is 0.340 e. The largest absolute Gasteiger partial charge is 0.464 e. The highest BCUT2D eigenvalue weighted by atomic mass is 16.5. The molecule has 5 aromatic rings. The average molecular weight is 443 g/mol. The molecule has 0 bridgehead atoms. The van der Waals surface area contributed by atoms with E-state index in [0.717, 1.165) is 27.5 Å². The van der Waals surface area contributed by atoms with Crippen molar-refractivity contribution in [3.05, 3.63) is 81.7 Å². The fourth-order valence-electron chi connectivity index (χ4n) is 3.83. The number of aromatic nitrogens is 2. The van der Waals surface area contributed by atoms with Gasteiger partial charge in [-0.15, -0.1) is 0 Å². The lowest BCUT2D eigenvalue weighted by Crippen LogP contribution is -2.29. The van der Waals surface area contributed by atoms with Crippen molar-refractivity contribution in [1.29, 1.82) is 0 Å². The number of amides is 1. The van der Waals surface area contributed by atoms with E-state index in [0.29, 0.717) is 41.4 Å². The Kier molecular flexibility index (Phi) is 5.26. The van der Waals surface area contributed by atoms with Crippen LogP contribution in [-0.4, -0.2) is 22.6 Å². The molecule has 0 radical (unpaired) electrons. The van der Waals surface area contributed by atoms with Gasteiger partial charge < -0.3 is 18.7 Å². The van der Waals surface area contributed by atoms with Gasteiger partial charge in [0.05, 0.1) is 18.2 Å². The van der Waals surface area contributed by atoms with Gasteiger partial charge in [0, 0.05) is 35.4 Å². The molecule has 0 atom stereocenters. The van der Waals surface area contributed by atoms with Crippen LogP contribution < -0.4 is 10.9 Å². The molecule has 0 aliphatic carbocycles. The number of nitrogens with one attached hydrogen (secondary N) is 1. The highest BCUT2D eigenvalue weighted by molar-refractivity contribution is 5.96. The van der Waals surface area contributed by atoms with Crippen LogP contribution in [-0.2, 0) is 17.6 Å². The number of hydrogen-bond donors (Lipinski definition) is 1. The lowest BCUT2D eigenvalue weighted by Gasteiger charge is -2.08. The van der Waals surface area contributed by atoms with Crippen molar-refractivity contribution in [2.75, 3.05) is 6.54 Å². The van der Waals surface area contributed by atoms with Gasteiger partial charge in [-0.05, 0) is 31.0 Å². The second-order valence-corrected chi connectivity index (χ2v) is 7.91. The van der Waals surface area contributed by atoms with E-state index in [1.807, 2.05) is 50.2 Å². The van der Waals surface area contributed by atoms with Gasteiger partial charge in [0.2, 0.25) is 17.6 Å². The van der Waals surface area contributed by atoms with Crippen LogP contribution in [0.2, 0.25) is 0 Å². The van der Waals surface area contributed by atoms with Crippen molar-refractivity contribution in [2.24, 2.45) is 0 Å². The first-order valence-electron chi connectivity index (χ1n) is 10.6. The molecule has 166 valence electrons. The molecule has 5 rings (SSSR count). The van der Waals surface area contributed by atoms with Crippen molar-refractivity contribution < 1.29 is 18.2 Å². The molecule has 2 aromatic carbocycles. The Labute approximate surface area is 188 Å². The Morgan fingerprint density at radius 1 is 1.06 bits per heavy atom. The van der Waals surface area contributed by atoms with Gasteiger partial charge >= 0.3 is 5.63 Å². The highest BCUT2D eigenvalue weighted by Crippen LogP contribution is 2.28. The number of fused-ring (bicyclic) bond motifs is 2.